The average Bonchev–Trinajstić information content (AvgIpc) is 3.04. The minimum absolute atomic E-state index is 0.0570. The SMILES string of the molecule is CC(=O)N1CCCC(C(=O)N2CCC(c3cccc(O)c3)C2)C1. The summed E-state index contributed by atoms with van der Waals surface area (Å²) in [5.41, 5.74) is 1.09. The van der Waals surface area contributed by atoms with Crippen molar-refractivity contribution in [2.75, 3.05) is 26.2 Å². The number of carbonyl (C=O) groups is 2. The van der Waals surface area contributed by atoms with E-state index in [-0.39, 0.29) is 23.5 Å². The average molecular weight is 316 g/mol. The molecular formula is C18H24N2O3. The first-order chi connectivity index (χ1) is 11.0. The topological polar surface area (TPSA) is 60.9 Å². The van der Waals surface area contributed by atoms with Gasteiger partial charge in [0.2, 0.25) is 11.8 Å². The van der Waals surface area contributed by atoms with Gasteiger partial charge in [0.05, 0.1) is 5.92 Å². The number of phenols is 1. The summed E-state index contributed by atoms with van der Waals surface area (Å²) in [5, 5.41) is 9.62. The van der Waals surface area contributed by atoms with Crippen LogP contribution in [0.2, 0.25) is 0 Å². The molecule has 2 saturated heterocycles. The van der Waals surface area contributed by atoms with Crippen LogP contribution in [0.4, 0.5) is 0 Å². The molecule has 0 spiro atoms. The van der Waals surface area contributed by atoms with E-state index in [2.05, 4.69) is 0 Å². The molecule has 0 aromatic heterocycles. The fraction of sp³-hybridized carbons (Fsp3) is 0.556. The summed E-state index contributed by atoms with van der Waals surface area (Å²) >= 11 is 0. The number of piperidine rings is 1. The van der Waals surface area contributed by atoms with Gasteiger partial charge in [-0.2, -0.15) is 0 Å². The zero-order chi connectivity index (χ0) is 16.4. The van der Waals surface area contributed by atoms with Gasteiger partial charge >= 0.3 is 0 Å². The Bertz CT molecular complexity index is 602. The smallest absolute Gasteiger partial charge is 0.227 e. The molecule has 2 aliphatic rings. The largest absolute Gasteiger partial charge is 0.508 e. The van der Waals surface area contributed by atoms with E-state index in [1.54, 1.807) is 24.0 Å². The van der Waals surface area contributed by atoms with E-state index in [0.29, 0.717) is 19.0 Å². The van der Waals surface area contributed by atoms with E-state index in [9.17, 15) is 14.7 Å². The molecule has 2 atom stereocenters. The molecule has 2 amide bonds. The maximum Gasteiger partial charge on any atom is 0.227 e. The number of benzene rings is 1. The van der Waals surface area contributed by atoms with Crippen molar-refractivity contribution in [1.82, 2.24) is 9.80 Å². The molecule has 0 radical (unpaired) electrons. The van der Waals surface area contributed by atoms with Gasteiger partial charge < -0.3 is 14.9 Å². The first kappa shape index (κ1) is 15.8. The number of carbonyl (C=O) groups excluding carboxylic acids is 2. The third-order valence-electron chi connectivity index (χ3n) is 5.06. The molecule has 5 heteroatoms. The quantitative estimate of drug-likeness (QED) is 0.907. The molecule has 3 rings (SSSR count). The molecule has 0 bridgehead atoms. The summed E-state index contributed by atoms with van der Waals surface area (Å²) < 4.78 is 0. The lowest BCUT2D eigenvalue weighted by molar-refractivity contribution is -0.139. The van der Waals surface area contributed by atoms with Crippen molar-refractivity contribution in [3.05, 3.63) is 29.8 Å². The zero-order valence-electron chi connectivity index (χ0n) is 13.6. The lowest BCUT2D eigenvalue weighted by atomic mass is 9.96. The summed E-state index contributed by atoms with van der Waals surface area (Å²) in [6.07, 6.45) is 2.70. The van der Waals surface area contributed by atoms with E-state index >= 15 is 0 Å². The van der Waals surface area contributed by atoms with E-state index in [0.717, 1.165) is 37.9 Å². The van der Waals surface area contributed by atoms with Gasteiger partial charge in [-0.3, -0.25) is 9.59 Å². The standard InChI is InChI=1S/C18H24N2O3/c1-13(21)19-8-3-5-16(12-19)18(23)20-9-7-15(11-20)14-4-2-6-17(22)10-14/h2,4,6,10,15-16,22H,3,5,7-9,11-12H2,1H3. The van der Waals surface area contributed by atoms with Crippen molar-refractivity contribution >= 4 is 11.8 Å². The van der Waals surface area contributed by atoms with Crippen molar-refractivity contribution in [3.8, 4) is 5.75 Å². The highest BCUT2D eigenvalue weighted by Crippen LogP contribution is 2.31. The molecule has 2 fully saturated rings. The normalized spacial score (nSPS) is 24.7. The fourth-order valence-corrected chi connectivity index (χ4v) is 3.73. The van der Waals surface area contributed by atoms with Crippen LogP contribution in [0.25, 0.3) is 0 Å². The summed E-state index contributed by atoms with van der Waals surface area (Å²) in [7, 11) is 0. The minimum atomic E-state index is -0.0597. The van der Waals surface area contributed by atoms with Crippen LogP contribution in [-0.4, -0.2) is 52.9 Å². The van der Waals surface area contributed by atoms with Crippen LogP contribution in [0.3, 0.4) is 0 Å². The predicted octanol–water partition coefficient (Wildman–Crippen LogP) is 1.97. The van der Waals surface area contributed by atoms with Crippen LogP contribution in [0, 0.1) is 5.92 Å². The van der Waals surface area contributed by atoms with Crippen LogP contribution < -0.4 is 0 Å². The summed E-state index contributed by atoms with van der Waals surface area (Å²) in [6, 6.07) is 7.31. The van der Waals surface area contributed by atoms with E-state index < -0.39 is 0 Å². The molecule has 1 N–H and O–H groups in total. The second kappa shape index (κ2) is 6.60. The Hall–Kier alpha value is -2.04. The number of hydrogen-bond acceptors (Lipinski definition) is 3. The molecule has 2 heterocycles. The third kappa shape index (κ3) is 3.49. The Morgan fingerprint density at radius 2 is 1.96 bits per heavy atom. The van der Waals surface area contributed by atoms with Crippen LogP contribution in [0.15, 0.2) is 24.3 Å². The maximum atomic E-state index is 12.8. The lowest BCUT2D eigenvalue weighted by Gasteiger charge is -2.33. The van der Waals surface area contributed by atoms with Gasteiger partial charge in [0.1, 0.15) is 5.75 Å². The third-order valence-corrected chi connectivity index (χ3v) is 5.06. The highest BCUT2D eigenvalue weighted by molar-refractivity contribution is 5.81. The Labute approximate surface area is 136 Å². The number of amides is 2. The monoisotopic (exact) mass is 316 g/mol. The first-order valence-electron chi connectivity index (χ1n) is 8.38. The Balaban J connectivity index is 1.62. The molecular weight excluding hydrogens is 292 g/mol. The van der Waals surface area contributed by atoms with E-state index in [4.69, 9.17) is 0 Å². The Kier molecular flexibility index (Phi) is 4.55. The van der Waals surface area contributed by atoms with Crippen molar-refractivity contribution in [1.29, 1.82) is 0 Å². The van der Waals surface area contributed by atoms with Gasteiger partial charge in [0, 0.05) is 39.0 Å². The van der Waals surface area contributed by atoms with Gasteiger partial charge in [0.15, 0.2) is 0 Å². The number of rotatable bonds is 2. The second-order valence-corrected chi connectivity index (χ2v) is 6.67. The minimum Gasteiger partial charge on any atom is -0.508 e. The fourth-order valence-electron chi connectivity index (χ4n) is 3.73. The lowest BCUT2D eigenvalue weighted by Crippen LogP contribution is -2.45. The number of phenolic OH excluding ortho intramolecular Hbond substituents is 1. The Morgan fingerprint density at radius 3 is 2.70 bits per heavy atom. The molecule has 0 aliphatic carbocycles. The predicted molar refractivity (Wildman–Crippen MR) is 87.0 cm³/mol. The first-order valence-corrected chi connectivity index (χ1v) is 8.38. The van der Waals surface area contributed by atoms with Crippen molar-refractivity contribution in [3.63, 3.8) is 0 Å². The van der Waals surface area contributed by atoms with Crippen molar-refractivity contribution < 1.29 is 14.7 Å². The second-order valence-electron chi connectivity index (χ2n) is 6.67. The van der Waals surface area contributed by atoms with Gasteiger partial charge in [-0.15, -0.1) is 0 Å². The molecule has 23 heavy (non-hydrogen) atoms. The maximum absolute atomic E-state index is 12.8. The van der Waals surface area contributed by atoms with Crippen LogP contribution in [0.1, 0.15) is 37.7 Å². The molecule has 0 saturated carbocycles. The van der Waals surface area contributed by atoms with Gasteiger partial charge in [-0.1, -0.05) is 12.1 Å². The van der Waals surface area contributed by atoms with Gasteiger partial charge in [-0.25, -0.2) is 0 Å². The molecule has 1 aromatic rings. The molecule has 2 aliphatic heterocycles. The zero-order valence-corrected chi connectivity index (χ0v) is 13.6. The number of hydrogen-bond donors (Lipinski definition) is 1. The molecule has 2 unspecified atom stereocenters. The number of aromatic hydroxyl groups is 1. The number of likely N-dealkylation sites (tertiary alicyclic amines) is 2. The van der Waals surface area contributed by atoms with Crippen LogP contribution in [-0.2, 0) is 9.59 Å². The van der Waals surface area contributed by atoms with Crippen LogP contribution >= 0.6 is 0 Å². The van der Waals surface area contributed by atoms with Gasteiger partial charge in [0.25, 0.3) is 0 Å². The molecule has 1 aromatic carbocycles. The molecule has 124 valence electrons. The summed E-state index contributed by atoms with van der Waals surface area (Å²) in [6.45, 7) is 4.36. The van der Waals surface area contributed by atoms with Gasteiger partial charge in [-0.05, 0) is 37.0 Å². The summed E-state index contributed by atoms with van der Waals surface area (Å²) in [4.78, 5) is 28.0. The van der Waals surface area contributed by atoms with E-state index in [1.165, 1.54) is 0 Å². The van der Waals surface area contributed by atoms with E-state index in [1.807, 2.05) is 17.0 Å². The highest BCUT2D eigenvalue weighted by atomic mass is 16.3. The van der Waals surface area contributed by atoms with Crippen molar-refractivity contribution in [2.24, 2.45) is 5.92 Å². The van der Waals surface area contributed by atoms with Crippen molar-refractivity contribution in [2.45, 2.75) is 32.1 Å². The Morgan fingerprint density at radius 1 is 1.13 bits per heavy atom. The molecule has 5 nitrogen and oxygen atoms in total. The number of nitrogens with zero attached hydrogens (tertiary/aromatic N) is 2. The highest BCUT2D eigenvalue weighted by Gasteiger charge is 2.34. The summed E-state index contributed by atoms with van der Waals surface area (Å²) in [5.74, 6) is 0.742. The van der Waals surface area contributed by atoms with Crippen LogP contribution in [0.5, 0.6) is 5.75 Å².